The monoisotopic (exact) mass is 377 g/mol. The molecule has 0 aliphatic heterocycles. The molecule has 2 aromatic carbocycles. The number of aromatic nitrogens is 2. The Labute approximate surface area is 163 Å². The average Bonchev–Trinajstić information content (AvgIpc) is 2.66. The maximum absolute atomic E-state index is 12.4. The number of ether oxygens (including phenoxy) is 1. The Balaban J connectivity index is 1.85. The van der Waals surface area contributed by atoms with Gasteiger partial charge in [-0.2, -0.15) is 5.10 Å². The normalized spacial score (nSPS) is 10.6. The Morgan fingerprint density at radius 2 is 1.79 bits per heavy atom. The van der Waals surface area contributed by atoms with Gasteiger partial charge in [-0.05, 0) is 61.7 Å². The minimum atomic E-state index is -0.336. The molecule has 0 spiro atoms. The van der Waals surface area contributed by atoms with Crippen molar-refractivity contribution >= 4 is 11.6 Å². The molecule has 1 amide bonds. The Morgan fingerprint density at radius 3 is 2.54 bits per heavy atom. The van der Waals surface area contributed by atoms with Crippen LogP contribution in [0, 0.1) is 20.8 Å². The number of anilines is 1. The lowest BCUT2D eigenvalue weighted by atomic mass is 9.99. The summed E-state index contributed by atoms with van der Waals surface area (Å²) in [7, 11) is 1.56. The predicted molar refractivity (Wildman–Crippen MR) is 110 cm³/mol. The molecule has 1 N–H and O–H groups in total. The number of amides is 1. The summed E-state index contributed by atoms with van der Waals surface area (Å²) in [5, 5.41) is 7.17. The minimum Gasteiger partial charge on any atom is -0.497 e. The van der Waals surface area contributed by atoms with Gasteiger partial charge in [0.1, 0.15) is 12.3 Å². The van der Waals surface area contributed by atoms with Crippen LogP contribution in [0.25, 0.3) is 11.3 Å². The van der Waals surface area contributed by atoms with Gasteiger partial charge in [0.25, 0.3) is 5.56 Å². The van der Waals surface area contributed by atoms with E-state index in [0.29, 0.717) is 17.1 Å². The average molecular weight is 377 g/mol. The molecule has 1 aromatic heterocycles. The fraction of sp³-hybridized carbons (Fsp3) is 0.227. The molecule has 3 rings (SSSR count). The predicted octanol–water partition coefficient (Wildman–Crippen LogP) is 3.48. The Hall–Kier alpha value is -3.41. The first kappa shape index (κ1) is 19.4. The highest BCUT2D eigenvalue weighted by Crippen LogP contribution is 2.24. The van der Waals surface area contributed by atoms with Crippen molar-refractivity contribution in [1.82, 2.24) is 9.78 Å². The quantitative estimate of drug-likeness (QED) is 0.739. The van der Waals surface area contributed by atoms with E-state index in [2.05, 4.69) is 29.5 Å². The summed E-state index contributed by atoms with van der Waals surface area (Å²) in [4.78, 5) is 24.6. The van der Waals surface area contributed by atoms with Gasteiger partial charge >= 0.3 is 0 Å². The molecule has 1 heterocycles. The number of carbonyl (C=O) groups is 1. The van der Waals surface area contributed by atoms with Crippen LogP contribution in [0.15, 0.2) is 53.3 Å². The largest absolute Gasteiger partial charge is 0.497 e. The number of rotatable bonds is 5. The van der Waals surface area contributed by atoms with E-state index in [0.717, 1.165) is 16.7 Å². The third-order valence-electron chi connectivity index (χ3n) is 4.63. The van der Waals surface area contributed by atoms with Crippen LogP contribution in [0.3, 0.4) is 0 Å². The van der Waals surface area contributed by atoms with Gasteiger partial charge in [0, 0.05) is 23.4 Å². The Morgan fingerprint density at radius 1 is 1.04 bits per heavy atom. The number of nitrogens with zero attached hydrogens (tertiary/aromatic N) is 2. The first-order chi connectivity index (χ1) is 13.4. The van der Waals surface area contributed by atoms with E-state index in [-0.39, 0.29) is 18.0 Å². The molecule has 0 radical (unpaired) electrons. The molecule has 0 saturated heterocycles. The zero-order chi connectivity index (χ0) is 20.3. The van der Waals surface area contributed by atoms with Crippen molar-refractivity contribution < 1.29 is 9.53 Å². The molecule has 28 heavy (non-hydrogen) atoms. The van der Waals surface area contributed by atoms with E-state index in [1.807, 2.05) is 13.8 Å². The maximum Gasteiger partial charge on any atom is 0.267 e. The lowest BCUT2D eigenvalue weighted by Crippen LogP contribution is -2.29. The highest BCUT2D eigenvalue weighted by atomic mass is 16.5. The maximum atomic E-state index is 12.4. The van der Waals surface area contributed by atoms with Crippen LogP contribution in [0.1, 0.15) is 16.7 Å². The third-order valence-corrected chi connectivity index (χ3v) is 4.63. The first-order valence-corrected chi connectivity index (χ1v) is 8.97. The molecule has 0 bridgehead atoms. The van der Waals surface area contributed by atoms with Crippen LogP contribution in [-0.4, -0.2) is 22.8 Å². The summed E-state index contributed by atoms with van der Waals surface area (Å²) in [6, 6.07) is 14.3. The fourth-order valence-electron chi connectivity index (χ4n) is 2.98. The second-order valence-electron chi connectivity index (χ2n) is 6.75. The fourth-order valence-corrected chi connectivity index (χ4v) is 2.98. The van der Waals surface area contributed by atoms with E-state index in [1.54, 1.807) is 37.4 Å². The lowest BCUT2D eigenvalue weighted by molar-refractivity contribution is -0.117. The third kappa shape index (κ3) is 4.28. The Bertz CT molecular complexity index is 1090. The molecule has 0 atom stereocenters. The van der Waals surface area contributed by atoms with E-state index in [9.17, 15) is 9.59 Å². The molecular weight excluding hydrogens is 354 g/mol. The number of aryl methyl sites for hydroxylation is 3. The molecule has 6 nitrogen and oxygen atoms in total. The summed E-state index contributed by atoms with van der Waals surface area (Å²) >= 11 is 0. The van der Waals surface area contributed by atoms with Gasteiger partial charge in [-0.1, -0.05) is 12.1 Å². The second-order valence-corrected chi connectivity index (χ2v) is 6.75. The van der Waals surface area contributed by atoms with Gasteiger partial charge in [-0.3, -0.25) is 9.59 Å². The van der Waals surface area contributed by atoms with Gasteiger partial charge in [0.2, 0.25) is 5.91 Å². The van der Waals surface area contributed by atoms with Crippen molar-refractivity contribution in [1.29, 1.82) is 0 Å². The van der Waals surface area contributed by atoms with Crippen molar-refractivity contribution in [3.63, 3.8) is 0 Å². The first-order valence-electron chi connectivity index (χ1n) is 8.97. The van der Waals surface area contributed by atoms with Crippen molar-refractivity contribution in [3.05, 3.63) is 75.6 Å². The molecule has 0 fully saturated rings. The highest BCUT2D eigenvalue weighted by Gasteiger charge is 2.11. The zero-order valence-electron chi connectivity index (χ0n) is 16.4. The smallest absolute Gasteiger partial charge is 0.267 e. The summed E-state index contributed by atoms with van der Waals surface area (Å²) in [5.74, 6) is 0.303. The zero-order valence-corrected chi connectivity index (χ0v) is 16.4. The molecule has 0 unspecified atom stereocenters. The number of hydrogen-bond donors (Lipinski definition) is 1. The molecule has 144 valence electrons. The van der Waals surface area contributed by atoms with Crippen LogP contribution in [0.4, 0.5) is 5.69 Å². The summed E-state index contributed by atoms with van der Waals surface area (Å²) in [6.07, 6.45) is 0. The second kappa shape index (κ2) is 8.08. The summed E-state index contributed by atoms with van der Waals surface area (Å²) in [5.41, 5.74) is 5.30. The topological polar surface area (TPSA) is 73.2 Å². The van der Waals surface area contributed by atoms with Gasteiger partial charge < -0.3 is 10.1 Å². The lowest BCUT2D eigenvalue weighted by Gasteiger charge is -2.12. The molecule has 0 saturated carbocycles. The molecule has 0 aliphatic carbocycles. The van der Waals surface area contributed by atoms with Gasteiger partial charge in [-0.15, -0.1) is 0 Å². The van der Waals surface area contributed by atoms with Crippen LogP contribution in [0.5, 0.6) is 5.75 Å². The number of hydrogen-bond acceptors (Lipinski definition) is 4. The van der Waals surface area contributed by atoms with Gasteiger partial charge in [0.05, 0.1) is 12.8 Å². The number of carbonyl (C=O) groups excluding carboxylic acids is 1. The van der Waals surface area contributed by atoms with Crippen molar-refractivity contribution in [2.75, 3.05) is 12.4 Å². The SMILES string of the molecule is COc1cccc(NC(=O)Cn2nc(-c3cc(C)c(C)cc3C)ccc2=O)c1. The minimum absolute atomic E-state index is 0.173. The summed E-state index contributed by atoms with van der Waals surface area (Å²) < 4.78 is 6.33. The van der Waals surface area contributed by atoms with Gasteiger partial charge in [-0.25, -0.2) is 4.68 Å². The van der Waals surface area contributed by atoms with E-state index < -0.39 is 0 Å². The van der Waals surface area contributed by atoms with Crippen LogP contribution < -0.4 is 15.6 Å². The van der Waals surface area contributed by atoms with Crippen LogP contribution >= 0.6 is 0 Å². The standard InChI is InChI=1S/C22H23N3O3/c1-14-10-16(3)19(11-15(14)2)20-8-9-22(27)25(24-20)13-21(26)23-17-6-5-7-18(12-17)28-4/h5-12H,13H2,1-4H3,(H,23,26). The number of methoxy groups -OCH3 is 1. The van der Waals surface area contributed by atoms with E-state index in [1.165, 1.54) is 16.3 Å². The number of nitrogens with one attached hydrogen (secondary N) is 1. The van der Waals surface area contributed by atoms with E-state index >= 15 is 0 Å². The molecule has 6 heteroatoms. The molecular formula is C22H23N3O3. The highest BCUT2D eigenvalue weighted by molar-refractivity contribution is 5.90. The van der Waals surface area contributed by atoms with E-state index in [4.69, 9.17) is 4.74 Å². The number of benzene rings is 2. The molecule has 0 aliphatic rings. The van der Waals surface area contributed by atoms with Crippen molar-refractivity contribution in [2.45, 2.75) is 27.3 Å². The summed E-state index contributed by atoms with van der Waals surface area (Å²) in [6.45, 7) is 5.93. The van der Waals surface area contributed by atoms with Crippen molar-refractivity contribution in [3.8, 4) is 17.0 Å². The van der Waals surface area contributed by atoms with Gasteiger partial charge in [0.15, 0.2) is 0 Å². The van der Waals surface area contributed by atoms with Crippen LogP contribution in [-0.2, 0) is 11.3 Å². The van der Waals surface area contributed by atoms with Crippen LogP contribution in [0.2, 0.25) is 0 Å². The van der Waals surface area contributed by atoms with Crippen molar-refractivity contribution in [2.24, 2.45) is 0 Å². The molecule has 3 aromatic rings. The Kier molecular flexibility index (Phi) is 5.59.